The van der Waals surface area contributed by atoms with Crippen LogP contribution in [0, 0.1) is 19.3 Å². The number of benzene rings is 1. The highest BCUT2D eigenvalue weighted by molar-refractivity contribution is 7.81. The molecule has 1 saturated carbocycles. The number of rotatable bonds is 3. The Morgan fingerprint density at radius 2 is 2.20 bits per heavy atom. The van der Waals surface area contributed by atoms with Crippen LogP contribution in [0.5, 0.6) is 0 Å². The minimum atomic E-state index is -2.77. The first-order valence-electron chi connectivity index (χ1n) is 11.1. The van der Waals surface area contributed by atoms with Gasteiger partial charge >= 0.3 is 0 Å². The van der Waals surface area contributed by atoms with E-state index >= 15 is 0 Å². The van der Waals surface area contributed by atoms with Crippen LogP contribution in [0.2, 0.25) is 0 Å². The summed E-state index contributed by atoms with van der Waals surface area (Å²) in [6, 6.07) is 5.07. The molecular weight excluding hydrogens is 405 g/mol. The molecule has 2 heterocycles. The molecule has 0 unspecified atom stereocenters. The van der Waals surface area contributed by atoms with E-state index in [-0.39, 0.29) is 34.4 Å². The zero-order chi connectivity index (χ0) is 25.0. The number of thiocarbonyl (C=S) groups is 1. The third-order valence-electron chi connectivity index (χ3n) is 5.49. The predicted molar refractivity (Wildman–Crippen MR) is 114 cm³/mol. The monoisotopic (exact) mass is 427 g/mol. The summed E-state index contributed by atoms with van der Waals surface area (Å²) in [5.41, 5.74) is -0.697. The Kier molecular flexibility index (Phi) is 3.68. The molecule has 4 rings (SSSR count). The van der Waals surface area contributed by atoms with Crippen molar-refractivity contribution in [3.05, 3.63) is 58.8 Å². The van der Waals surface area contributed by atoms with Crippen molar-refractivity contribution in [3.63, 3.8) is 0 Å². The molecule has 152 valence electrons. The molecule has 2 fully saturated rings. The van der Waals surface area contributed by atoms with E-state index in [0.717, 1.165) is 18.6 Å². The van der Waals surface area contributed by atoms with Crippen LogP contribution in [0.1, 0.15) is 40.7 Å². The molecule has 2 aromatic rings. The quantitative estimate of drug-likeness (QED) is 0.600. The molecule has 0 atom stereocenters. The molecule has 1 saturated heterocycles. The summed E-state index contributed by atoms with van der Waals surface area (Å²) in [6.07, 6.45) is 1.35. The van der Waals surface area contributed by atoms with Gasteiger partial charge in [-0.2, -0.15) is 0 Å². The number of aryl methyl sites for hydroxylation is 1. The van der Waals surface area contributed by atoms with Gasteiger partial charge in [-0.25, -0.2) is 4.39 Å². The standard InChI is InChI=1S/C21H18FN5O2S/c1-12-9-14(11-25-17(12)23-2)26-19(29)21(7-4-8-21)27(20(26)30)13-5-6-15(16(22)10-13)18(28)24-3/h5-6,9-11H,4,7-8H2,1,3H3,(H,24,28)/i3D3,11D. The summed E-state index contributed by atoms with van der Waals surface area (Å²) in [5, 5.41) is 1.76. The lowest BCUT2D eigenvalue weighted by atomic mass is 9.75. The van der Waals surface area contributed by atoms with Gasteiger partial charge in [0.05, 0.1) is 11.3 Å². The van der Waals surface area contributed by atoms with Crippen molar-refractivity contribution in [2.24, 2.45) is 0 Å². The Morgan fingerprint density at radius 1 is 1.43 bits per heavy atom. The number of aromatic nitrogens is 1. The maximum Gasteiger partial charge on any atom is 0.272 e. The van der Waals surface area contributed by atoms with Crippen LogP contribution in [0.25, 0.3) is 4.85 Å². The van der Waals surface area contributed by atoms with E-state index in [1.807, 2.05) is 0 Å². The highest BCUT2D eigenvalue weighted by atomic mass is 32.1. The normalized spacial score (nSPS) is 19.5. The first-order chi connectivity index (χ1) is 15.9. The van der Waals surface area contributed by atoms with E-state index in [0.29, 0.717) is 18.4 Å². The lowest BCUT2D eigenvalue weighted by Crippen LogP contribution is -2.55. The molecule has 30 heavy (non-hydrogen) atoms. The number of carbonyl (C=O) groups excluding carboxylic acids is 2. The van der Waals surface area contributed by atoms with Crippen molar-refractivity contribution in [2.45, 2.75) is 31.7 Å². The molecule has 1 aromatic heterocycles. The summed E-state index contributed by atoms with van der Waals surface area (Å²) in [6.45, 7) is 6.04. The van der Waals surface area contributed by atoms with E-state index in [1.165, 1.54) is 21.9 Å². The fraction of sp³-hybridized carbons (Fsp3) is 0.286. The number of nitrogens with one attached hydrogen (secondary N) is 1. The van der Waals surface area contributed by atoms with E-state index < -0.39 is 29.8 Å². The topological polar surface area (TPSA) is 69.9 Å². The number of anilines is 2. The first-order valence-corrected chi connectivity index (χ1v) is 9.47. The Bertz CT molecular complexity index is 1290. The van der Waals surface area contributed by atoms with Crippen molar-refractivity contribution >= 4 is 46.3 Å². The van der Waals surface area contributed by atoms with Crippen LogP contribution in [0.4, 0.5) is 21.6 Å². The fourth-order valence-electron chi connectivity index (χ4n) is 3.82. The molecule has 1 N–H and O–H groups in total. The highest BCUT2D eigenvalue weighted by Crippen LogP contribution is 2.48. The molecule has 1 aromatic carbocycles. The van der Waals surface area contributed by atoms with E-state index in [1.54, 1.807) is 12.2 Å². The Hall–Kier alpha value is -3.38. The minimum absolute atomic E-state index is 0.0223. The second-order valence-corrected chi connectivity index (χ2v) is 7.50. The third kappa shape index (κ3) is 2.75. The Labute approximate surface area is 183 Å². The molecule has 1 spiro atoms. The van der Waals surface area contributed by atoms with Crippen molar-refractivity contribution in [1.82, 2.24) is 10.3 Å². The number of hydrogen-bond acceptors (Lipinski definition) is 4. The number of halogens is 1. The molecule has 0 radical (unpaired) electrons. The number of nitrogens with zero attached hydrogens (tertiary/aromatic N) is 4. The van der Waals surface area contributed by atoms with Gasteiger partial charge in [0.25, 0.3) is 17.6 Å². The smallest absolute Gasteiger partial charge is 0.272 e. The third-order valence-corrected chi connectivity index (χ3v) is 5.86. The number of carbonyl (C=O) groups is 2. The zero-order valence-electron chi connectivity index (χ0n) is 19.8. The molecular formula is C21H18FN5O2S. The average Bonchev–Trinajstić information content (AvgIpc) is 2.94. The van der Waals surface area contributed by atoms with Gasteiger partial charge in [0.15, 0.2) is 5.11 Å². The summed E-state index contributed by atoms with van der Waals surface area (Å²) in [4.78, 5) is 35.6. The van der Waals surface area contributed by atoms with Gasteiger partial charge < -0.3 is 15.1 Å². The van der Waals surface area contributed by atoms with Gasteiger partial charge in [-0.05, 0) is 68.2 Å². The first kappa shape index (κ1) is 15.5. The van der Waals surface area contributed by atoms with Crippen LogP contribution in [0.15, 0.2) is 30.4 Å². The average molecular weight is 427 g/mol. The number of pyridine rings is 1. The van der Waals surface area contributed by atoms with Gasteiger partial charge in [0, 0.05) is 16.8 Å². The summed E-state index contributed by atoms with van der Waals surface area (Å²) in [5.74, 6) is -2.39. The molecule has 1 aliphatic heterocycles. The van der Waals surface area contributed by atoms with Crippen LogP contribution in [-0.4, -0.2) is 34.4 Å². The Morgan fingerprint density at radius 3 is 2.80 bits per heavy atom. The minimum Gasteiger partial charge on any atom is -0.360 e. The maximum atomic E-state index is 14.9. The molecule has 9 heteroatoms. The largest absolute Gasteiger partial charge is 0.360 e. The van der Waals surface area contributed by atoms with Crippen molar-refractivity contribution in [3.8, 4) is 0 Å². The zero-order valence-corrected chi connectivity index (χ0v) is 16.6. The van der Waals surface area contributed by atoms with E-state index in [4.69, 9.17) is 24.3 Å². The summed E-state index contributed by atoms with van der Waals surface area (Å²) in [7, 11) is 0. The molecule has 2 amide bonds. The predicted octanol–water partition coefficient (Wildman–Crippen LogP) is 3.50. The maximum absolute atomic E-state index is 14.9. The summed E-state index contributed by atoms with van der Waals surface area (Å²) >= 11 is 5.60. The summed E-state index contributed by atoms with van der Waals surface area (Å²) < 4.78 is 44.5. The van der Waals surface area contributed by atoms with Gasteiger partial charge in [-0.15, -0.1) is 4.98 Å². The lowest BCUT2D eigenvalue weighted by molar-refractivity contribution is -0.123. The Balaban J connectivity index is 1.75. The van der Waals surface area contributed by atoms with E-state index in [2.05, 4.69) is 9.83 Å². The highest BCUT2D eigenvalue weighted by Gasteiger charge is 2.59. The second-order valence-electron chi connectivity index (χ2n) is 7.13. The van der Waals surface area contributed by atoms with Crippen molar-refractivity contribution < 1.29 is 19.5 Å². The SMILES string of the molecule is [2H]c1nc([N+]#[C-])c(C)cc1N1C(=O)C2(CCC2)N(c2ccc(C(=O)NC([2H])([2H])[2H])c(F)c2)C1=S. The molecule has 2 aliphatic rings. The lowest BCUT2D eigenvalue weighted by Gasteiger charge is -2.43. The van der Waals surface area contributed by atoms with Gasteiger partial charge in [-0.1, -0.05) is 6.57 Å². The van der Waals surface area contributed by atoms with Crippen LogP contribution >= 0.6 is 12.2 Å². The number of amides is 2. The van der Waals surface area contributed by atoms with Crippen LogP contribution < -0.4 is 15.1 Å². The van der Waals surface area contributed by atoms with Gasteiger partial charge in [-0.3, -0.25) is 14.5 Å². The number of hydrogen-bond donors (Lipinski definition) is 1. The van der Waals surface area contributed by atoms with Gasteiger partial charge in [0.1, 0.15) is 18.9 Å². The molecule has 1 aliphatic carbocycles. The van der Waals surface area contributed by atoms with Crippen molar-refractivity contribution in [2.75, 3.05) is 16.8 Å². The van der Waals surface area contributed by atoms with Crippen LogP contribution in [0.3, 0.4) is 0 Å². The second kappa shape index (κ2) is 7.15. The van der Waals surface area contributed by atoms with E-state index in [9.17, 15) is 14.0 Å². The van der Waals surface area contributed by atoms with Crippen LogP contribution in [-0.2, 0) is 4.79 Å². The van der Waals surface area contributed by atoms with Gasteiger partial charge in [0.2, 0.25) is 0 Å². The molecule has 7 nitrogen and oxygen atoms in total. The fourth-order valence-corrected chi connectivity index (χ4v) is 4.28. The molecule has 0 bridgehead atoms. The van der Waals surface area contributed by atoms with Crippen molar-refractivity contribution in [1.29, 1.82) is 0 Å².